The molecular formula is C23H30F6N2O5. The molecule has 0 aromatic heterocycles. The van der Waals surface area contributed by atoms with E-state index in [1.807, 2.05) is 0 Å². The summed E-state index contributed by atoms with van der Waals surface area (Å²) in [6.45, 7) is 10.2. The summed E-state index contributed by atoms with van der Waals surface area (Å²) in [5, 5.41) is 14.2. The minimum absolute atomic E-state index is 0.386. The molecule has 0 saturated carbocycles. The van der Waals surface area contributed by atoms with Crippen molar-refractivity contribution in [3.8, 4) is 0 Å². The van der Waals surface area contributed by atoms with E-state index in [-0.39, 0.29) is 0 Å². The molecule has 0 amide bonds. The molecule has 4 rings (SSSR count). The Hall–Kier alpha value is -2.54. The van der Waals surface area contributed by atoms with E-state index in [0.717, 1.165) is 13.2 Å². The zero-order chi connectivity index (χ0) is 27.3. The highest BCUT2D eigenvalue weighted by atomic mass is 19.4. The molecule has 2 fully saturated rings. The van der Waals surface area contributed by atoms with Gasteiger partial charge in [0.1, 0.15) is 0 Å². The molecule has 0 aliphatic carbocycles. The van der Waals surface area contributed by atoms with Crippen LogP contribution in [0.25, 0.3) is 0 Å². The van der Waals surface area contributed by atoms with Crippen LogP contribution in [-0.4, -0.2) is 84.3 Å². The molecule has 1 aromatic rings. The predicted molar refractivity (Wildman–Crippen MR) is 118 cm³/mol. The van der Waals surface area contributed by atoms with Crippen LogP contribution in [0.1, 0.15) is 38.7 Å². The molecule has 3 heterocycles. The Kier molecular flexibility index (Phi) is 9.63. The van der Waals surface area contributed by atoms with Crippen LogP contribution in [-0.2, 0) is 19.7 Å². The van der Waals surface area contributed by atoms with E-state index in [2.05, 4.69) is 47.9 Å². The molecule has 3 aliphatic rings. The van der Waals surface area contributed by atoms with Crippen LogP contribution >= 0.6 is 0 Å². The fraction of sp³-hybridized carbons (Fsp3) is 0.652. The fourth-order valence-electron chi connectivity index (χ4n) is 4.68. The second-order valence-electron chi connectivity index (χ2n) is 9.18. The first kappa shape index (κ1) is 29.7. The van der Waals surface area contributed by atoms with Crippen LogP contribution in [0, 0.1) is 0 Å². The Morgan fingerprint density at radius 3 is 1.92 bits per heavy atom. The number of likely N-dealkylation sites (tertiary alicyclic amines) is 1. The third kappa shape index (κ3) is 7.48. The topological polar surface area (TPSA) is 90.3 Å². The van der Waals surface area contributed by atoms with Crippen molar-refractivity contribution in [3.63, 3.8) is 0 Å². The number of carboxylic acids is 2. The lowest BCUT2D eigenvalue weighted by Crippen LogP contribution is -2.49. The lowest BCUT2D eigenvalue weighted by Gasteiger charge is -2.42. The second kappa shape index (κ2) is 11.7. The largest absolute Gasteiger partial charge is 0.490 e. The lowest BCUT2D eigenvalue weighted by molar-refractivity contribution is -0.193. The Morgan fingerprint density at radius 2 is 1.50 bits per heavy atom. The number of carboxylic acid groups (broad SMARTS) is 2. The molecule has 0 radical (unpaired) electrons. The van der Waals surface area contributed by atoms with Crippen molar-refractivity contribution >= 4 is 17.6 Å². The van der Waals surface area contributed by atoms with E-state index < -0.39 is 24.3 Å². The Morgan fingerprint density at radius 1 is 1.00 bits per heavy atom. The number of rotatable bonds is 2. The summed E-state index contributed by atoms with van der Waals surface area (Å²) < 4.78 is 69.1. The van der Waals surface area contributed by atoms with Crippen LogP contribution in [0.3, 0.4) is 0 Å². The molecule has 36 heavy (non-hydrogen) atoms. The van der Waals surface area contributed by atoms with Gasteiger partial charge in [0.25, 0.3) is 0 Å². The number of anilines is 1. The molecule has 13 heteroatoms. The van der Waals surface area contributed by atoms with Crippen LogP contribution < -0.4 is 4.90 Å². The van der Waals surface area contributed by atoms with Crippen molar-refractivity contribution in [1.29, 1.82) is 0 Å². The summed E-state index contributed by atoms with van der Waals surface area (Å²) in [6.07, 6.45) is -6.35. The minimum atomic E-state index is -5.08. The highest BCUT2D eigenvalue weighted by molar-refractivity contribution is 5.73. The number of para-hydroxylation sites is 1. The molecule has 0 bridgehead atoms. The number of carbonyl (C=O) groups is 2. The molecule has 7 nitrogen and oxygen atoms in total. The van der Waals surface area contributed by atoms with E-state index in [1.54, 1.807) is 5.56 Å². The van der Waals surface area contributed by atoms with Gasteiger partial charge in [0.2, 0.25) is 0 Å². The molecule has 2 N–H and O–H groups in total. The lowest BCUT2D eigenvalue weighted by atomic mass is 9.74. The van der Waals surface area contributed by atoms with E-state index >= 15 is 0 Å². The van der Waals surface area contributed by atoms with Gasteiger partial charge in [-0.05, 0) is 57.8 Å². The average molecular weight is 528 g/mol. The van der Waals surface area contributed by atoms with Crippen molar-refractivity contribution in [2.75, 3.05) is 37.7 Å². The summed E-state index contributed by atoms with van der Waals surface area (Å²) in [5.41, 5.74) is 3.47. The number of halogens is 6. The zero-order valence-corrected chi connectivity index (χ0v) is 19.9. The monoisotopic (exact) mass is 528 g/mol. The smallest absolute Gasteiger partial charge is 0.475 e. The number of alkyl halides is 6. The number of piperidine rings is 1. The molecule has 204 valence electrons. The maximum absolute atomic E-state index is 10.6. The Balaban J connectivity index is 0.000000271. The maximum Gasteiger partial charge on any atom is 0.490 e. The number of ether oxygens (including phenoxy) is 1. The standard InChI is InChI=1S/C19H28N2O.2C2HF3O2/c1-15(2)21-14-19(17-5-3-4-6-18(17)21)8-10-20(11-9-19)16-7-12-22-13-16;2*3-2(4,5)1(6)7/h3-6,15-16H,7-14H2,1-2H3;2*(H,6,7). The summed E-state index contributed by atoms with van der Waals surface area (Å²) in [5.74, 6) is -5.51. The van der Waals surface area contributed by atoms with Crippen LogP contribution in [0.15, 0.2) is 24.3 Å². The minimum Gasteiger partial charge on any atom is -0.475 e. The normalized spacial score (nSPS) is 21.4. The van der Waals surface area contributed by atoms with Crippen LogP contribution in [0.5, 0.6) is 0 Å². The number of fused-ring (bicyclic) bond motifs is 2. The average Bonchev–Trinajstić information content (AvgIpc) is 3.42. The van der Waals surface area contributed by atoms with Gasteiger partial charge in [-0.3, -0.25) is 4.90 Å². The van der Waals surface area contributed by atoms with Crippen molar-refractivity contribution in [1.82, 2.24) is 4.90 Å². The molecular weight excluding hydrogens is 498 g/mol. The number of benzene rings is 1. The fourth-order valence-corrected chi connectivity index (χ4v) is 4.68. The van der Waals surface area contributed by atoms with E-state index in [1.165, 1.54) is 44.6 Å². The number of hydrogen-bond acceptors (Lipinski definition) is 5. The zero-order valence-electron chi connectivity index (χ0n) is 19.9. The number of nitrogens with zero attached hydrogens (tertiary/aromatic N) is 2. The summed E-state index contributed by atoms with van der Waals surface area (Å²) in [4.78, 5) is 23.1. The Labute approximate surface area is 204 Å². The van der Waals surface area contributed by atoms with Gasteiger partial charge < -0.3 is 19.8 Å². The molecule has 3 aliphatic heterocycles. The van der Waals surface area contributed by atoms with Gasteiger partial charge in [0.05, 0.1) is 6.61 Å². The summed E-state index contributed by atoms with van der Waals surface area (Å²) in [6, 6.07) is 10.4. The van der Waals surface area contributed by atoms with Gasteiger partial charge in [-0.2, -0.15) is 26.3 Å². The van der Waals surface area contributed by atoms with Crippen LogP contribution in [0.2, 0.25) is 0 Å². The van der Waals surface area contributed by atoms with Gasteiger partial charge in [-0.25, -0.2) is 9.59 Å². The van der Waals surface area contributed by atoms with Crippen molar-refractivity contribution in [3.05, 3.63) is 29.8 Å². The maximum atomic E-state index is 10.6. The molecule has 2 saturated heterocycles. The third-order valence-corrected chi connectivity index (χ3v) is 6.54. The highest BCUT2D eigenvalue weighted by Crippen LogP contribution is 2.47. The second-order valence-corrected chi connectivity index (χ2v) is 9.18. The van der Waals surface area contributed by atoms with Crippen molar-refractivity contribution in [2.45, 2.75) is 63.0 Å². The van der Waals surface area contributed by atoms with Gasteiger partial charge in [-0.15, -0.1) is 0 Å². The van der Waals surface area contributed by atoms with E-state index in [9.17, 15) is 26.3 Å². The van der Waals surface area contributed by atoms with Gasteiger partial charge in [0.15, 0.2) is 0 Å². The third-order valence-electron chi connectivity index (χ3n) is 6.54. The summed E-state index contributed by atoms with van der Waals surface area (Å²) in [7, 11) is 0. The predicted octanol–water partition coefficient (Wildman–Crippen LogP) is 4.30. The molecule has 1 aromatic carbocycles. The first-order valence-electron chi connectivity index (χ1n) is 11.4. The SMILES string of the molecule is CC(C)N1CC2(CCN(C3CCOC3)CC2)c2ccccc21.O=C(O)C(F)(F)F.O=C(O)C(F)(F)F. The number of aliphatic carboxylic acids is 2. The summed E-state index contributed by atoms with van der Waals surface area (Å²) >= 11 is 0. The molecule has 1 spiro atoms. The Bertz CT molecular complexity index is 868. The molecule has 1 unspecified atom stereocenters. The van der Waals surface area contributed by atoms with Gasteiger partial charge in [0, 0.05) is 36.3 Å². The molecule has 1 atom stereocenters. The van der Waals surface area contributed by atoms with Crippen LogP contribution in [0.4, 0.5) is 32.0 Å². The van der Waals surface area contributed by atoms with E-state index in [0.29, 0.717) is 17.5 Å². The van der Waals surface area contributed by atoms with Gasteiger partial charge >= 0.3 is 24.3 Å². The first-order valence-corrected chi connectivity index (χ1v) is 11.4. The van der Waals surface area contributed by atoms with Crippen molar-refractivity contribution in [2.24, 2.45) is 0 Å². The van der Waals surface area contributed by atoms with E-state index in [4.69, 9.17) is 24.5 Å². The van der Waals surface area contributed by atoms with Gasteiger partial charge in [-0.1, -0.05) is 18.2 Å². The first-order chi connectivity index (χ1) is 16.6. The van der Waals surface area contributed by atoms with Crippen molar-refractivity contribution < 1.29 is 50.9 Å². The number of hydrogen-bond donors (Lipinski definition) is 2. The highest BCUT2D eigenvalue weighted by Gasteiger charge is 2.46. The quantitative estimate of drug-likeness (QED) is 0.553.